The second-order valence-corrected chi connectivity index (χ2v) is 3.68. The van der Waals surface area contributed by atoms with E-state index in [1.54, 1.807) is 6.92 Å². The van der Waals surface area contributed by atoms with Crippen LogP contribution in [0.4, 0.5) is 0 Å². The molecular formula is C10H14N2O5. The lowest BCUT2D eigenvalue weighted by Gasteiger charge is -2.11. The summed E-state index contributed by atoms with van der Waals surface area (Å²) >= 11 is 0. The highest BCUT2D eigenvalue weighted by Gasteiger charge is 2.15. The molecule has 1 unspecified atom stereocenters. The number of amides is 1. The van der Waals surface area contributed by atoms with Gasteiger partial charge in [0.15, 0.2) is 5.69 Å². The SMILES string of the molecule is Cc1cc(C(=O)NCC(CO)CC(=O)O)no1. The molecule has 7 nitrogen and oxygen atoms in total. The summed E-state index contributed by atoms with van der Waals surface area (Å²) in [5.41, 5.74) is 0.134. The Labute approximate surface area is 97.4 Å². The van der Waals surface area contributed by atoms with Gasteiger partial charge in [0, 0.05) is 25.1 Å². The molecular weight excluding hydrogens is 228 g/mol. The van der Waals surface area contributed by atoms with Gasteiger partial charge in [-0.3, -0.25) is 9.59 Å². The smallest absolute Gasteiger partial charge is 0.303 e. The third-order valence-electron chi connectivity index (χ3n) is 2.13. The zero-order valence-corrected chi connectivity index (χ0v) is 9.34. The number of nitrogens with zero attached hydrogens (tertiary/aromatic N) is 1. The number of aliphatic hydroxyl groups is 1. The lowest BCUT2D eigenvalue weighted by Crippen LogP contribution is -2.32. The van der Waals surface area contributed by atoms with Crippen LogP contribution >= 0.6 is 0 Å². The standard InChI is InChI=1S/C10H14N2O5/c1-6-2-8(12-17-6)10(16)11-4-7(5-13)3-9(14)15/h2,7,13H,3-5H2,1H3,(H,11,16)(H,14,15). The molecule has 0 aliphatic heterocycles. The Kier molecular flexibility index (Phi) is 4.65. The summed E-state index contributed by atoms with van der Waals surface area (Å²) in [6.45, 7) is 1.43. The topological polar surface area (TPSA) is 113 Å². The fourth-order valence-electron chi connectivity index (χ4n) is 1.25. The van der Waals surface area contributed by atoms with Gasteiger partial charge in [-0.25, -0.2) is 0 Å². The van der Waals surface area contributed by atoms with E-state index in [4.69, 9.17) is 14.7 Å². The number of carboxylic acids is 1. The zero-order chi connectivity index (χ0) is 12.8. The Hall–Kier alpha value is -1.89. The van der Waals surface area contributed by atoms with E-state index >= 15 is 0 Å². The van der Waals surface area contributed by atoms with Crippen molar-refractivity contribution in [2.24, 2.45) is 5.92 Å². The largest absolute Gasteiger partial charge is 0.481 e. The predicted molar refractivity (Wildman–Crippen MR) is 56.4 cm³/mol. The second kappa shape index (κ2) is 6.00. The van der Waals surface area contributed by atoms with Gasteiger partial charge in [-0.1, -0.05) is 5.16 Å². The van der Waals surface area contributed by atoms with E-state index < -0.39 is 17.8 Å². The van der Waals surface area contributed by atoms with Crippen LogP contribution in [-0.2, 0) is 4.79 Å². The van der Waals surface area contributed by atoms with Gasteiger partial charge in [0.25, 0.3) is 5.91 Å². The number of aryl methyl sites for hydroxylation is 1. The van der Waals surface area contributed by atoms with Gasteiger partial charge in [0.1, 0.15) is 5.76 Å². The minimum Gasteiger partial charge on any atom is -0.481 e. The number of aliphatic hydroxyl groups excluding tert-OH is 1. The summed E-state index contributed by atoms with van der Waals surface area (Å²) in [5, 5.41) is 23.5. The summed E-state index contributed by atoms with van der Waals surface area (Å²) in [6, 6.07) is 1.47. The minimum absolute atomic E-state index is 0.0769. The van der Waals surface area contributed by atoms with Crippen LogP contribution in [0.5, 0.6) is 0 Å². The number of nitrogens with one attached hydrogen (secondary N) is 1. The van der Waals surface area contributed by atoms with Crippen LogP contribution < -0.4 is 5.32 Å². The molecule has 0 spiro atoms. The van der Waals surface area contributed by atoms with Gasteiger partial charge >= 0.3 is 5.97 Å². The van der Waals surface area contributed by atoms with Gasteiger partial charge in [-0.15, -0.1) is 0 Å². The van der Waals surface area contributed by atoms with Crippen LogP contribution in [0.25, 0.3) is 0 Å². The monoisotopic (exact) mass is 242 g/mol. The van der Waals surface area contributed by atoms with E-state index in [0.29, 0.717) is 5.76 Å². The van der Waals surface area contributed by atoms with E-state index in [1.807, 2.05) is 0 Å². The van der Waals surface area contributed by atoms with Crippen LogP contribution in [0.1, 0.15) is 22.7 Å². The number of hydrogen-bond acceptors (Lipinski definition) is 5. The molecule has 0 aromatic carbocycles. The number of carboxylic acid groups (broad SMARTS) is 1. The van der Waals surface area contributed by atoms with Crippen LogP contribution in [-0.4, -0.2) is 40.4 Å². The van der Waals surface area contributed by atoms with E-state index in [2.05, 4.69) is 10.5 Å². The van der Waals surface area contributed by atoms with Crippen molar-refractivity contribution in [3.05, 3.63) is 17.5 Å². The minimum atomic E-state index is -1.02. The van der Waals surface area contributed by atoms with Crippen LogP contribution in [0.15, 0.2) is 10.6 Å². The number of rotatable bonds is 6. The number of aliphatic carboxylic acids is 1. The Morgan fingerprint density at radius 3 is 2.76 bits per heavy atom. The maximum atomic E-state index is 11.5. The summed E-state index contributed by atoms with van der Waals surface area (Å²) in [5.74, 6) is -1.47. The molecule has 0 saturated carbocycles. The van der Waals surface area contributed by atoms with Gasteiger partial charge in [0.2, 0.25) is 0 Å². The van der Waals surface area contributed by atoms with Gasteiger partial charge in [0.05, 0.1) is 6.42 Å². The zero-order valence-electron chi connectivity index (χ0n) is 9.34. The highest BCUT2D eigenvalue weighted by atomic mass is 16.5. The molecule has 1 rings (SSSR count). The molecule has 1 aromatic heterocycles. The van der Waals surface area contributed by atoms with Crippen molar-refractivity contribution in [3.63, 3.8) is 0 Å². The molecule has 0 saturated heterocycles. The van der Waals surface area contributed by atoms with Crippen molar-refractivity contribution in [2.45, 2.75) is 13.3 Å². The fraction of sp³-hybridized carbons (Fsp3) is 0.500. The van der Waals surface area contributed by atoms with Gasteiger partial charge in [-0.05, 0) is 6.92 Å². The summed E-state index contributed by atoms with van der Waals surface area (Å²) in [4.78, 5) is 21.9. The lowest BCUT2D eigenvalue weighted by atomic mass is 10.1. The summed E-state index contributed by atoms with van der Waals surface area (Å²) in [6.07, 6.45) is -0.200. The molecule has 0 fully saturated rings. The quantitative estimate of drug-likeness (QED) is 0.636. The summed E-state index contributed by atoms with van der Waals surface area (Å²) in [7, 11) is 0. The van der Waals surface area contributed by atoms with Crippen LogP contribution in [0.2, 0.25) is 0 Å². The molecule has 94 valence electrons. The molecule has 0 bridgehead atoms. The van der Waals surface area contributed by atoms with Crippen molar-refractivity contribution in [2.75, 3.05) is 13.2 Å². The van der Waals surface area contributed by atoms with Crippen molar-refractivity contribution >= 4 is 11.9 Å². The lowest BCUT2D eigenvalue weighted by molar-refractivity contribution is -0.138. The fourth-order valence-corrected chi connectivity index (χ4v) is 1.25. The molecule has 17 heavy (non-hydrogen) atoms. The van der Waals surface area contributed by atoms with Crippen LogP contribution in [0.3, 0.4) is 0 Å². The highest BCUT2D eigenvalue weighted by Crippen LogP contribution is 2.03. The average molecular weight is 242 g/mol. The Morgan fingerprint density at radius 2 is 2.29 bits per heavy atom. The highest BCUT2D eigenvalue weighted by molar-refractivity contribution is 5.92. The molecule has 1 atom stereocenters. The van der Waals surface area contributed by atoms with E-state index in [0.717, 1.165) is 0 Å². The summed E-state index contributed by atoms with van der Waals surface area (Å²) < 4.78 is 4.73. The maximum absolute atomic E-state index is 11.5. The molecule has 3 N–H and O–H groups in total. The molecule has 1 aromatic rings. The van der Waals surface area contributed by atoms with Crippen molar-refractivity contribution < 1.29 is 24.3 Å². The molecule has 0 radical (unpaired) electrons. The Morgan fingerprint density at radius 1 is 1.59 bits per heavy atom. The van der Waals surface area contributed by atoms with Crippen molar-refractivity contribution in [1.82, 2.24) is 10.5 Å². The number of carbonyl (C=O) groups is 2. The first-order valence-electron chi connectivity index (χ1n) is 5.07. The first-order valence-corrected chi connectivity index (χ1v) is 5.07. The number of carbonyl (C=O) groups excluding carboxylic acids is 1. The molecule has 0 aliphatic rings. The van der Waals surface area contributed by atoms with E-state index in [9.17, 15) is 9.59 Å². The van der Waals surface area contributed by atoms with Crippen molar-refractivity contribution in [1.29, 1.82) is 0 Å². The average Bonchev–Trinajstić information content (AvgIpc) is 2.70. The molecule has 7 heteroatoms. The molecule has 1 heterocycles. The molecule has 0 aliphatic carbocycles. The van der Waals surface area contributed by atoms with Crippen molar-refractivity contribution in [3.8, 4) is 0 Å². The molecule has 1 amide bonds. The normalized spacial score (nSPS) is 12.1. The number of hydrogen-bond donors (Lipinski definition) is 3. The second-order valence-electron chi connectivity index (χ2n) is 3.68. The third kappa shape index (κ3) is 4.23. The van der Waals surface area contributed by atoms with Crippen LogP contribution in [0, 0.1) is 12.8 Å². The Balaban J connectivity index is 2.44. The third-order valence-corrected chi connectivity index (χ3v) is 2.13. The van der Waals surface area contributed by atoms with E-state index in [-0.39, 0.29) is 25.3 Å². The predicted octanol–water partition coefficient (Wildman–Crippen LogP) is -0.204. The first-order chi connectivity index (χ1) is 8.02. The number of aromatic nitrogens is 1. The maximum Gasteiger partial charge on any atom is 0.303 e. The first kappa shape index (κ1) is 13.2. The van der Waals surface area contributed by atoms with Gasteiger partial charge < -0.3 is 20.1 Å². The van der Waals surface area contributed by atoms with Gasteiger partial charge in [-0.2, -0.15) is 0 Å². The van der Waals surface area contributed by atoms with E-state index in [1.165, 1.54) is 6.07 Å². The Bertz CT molecular complexity index is 401.